The zero-order valence-electron chi connectivity index (χ0n) is 12.4. The number of aliphatic imine (C=N–C) groups is 1. The third kappa shape index (κ3) is 2.12. The van der Waals surface area contributed by atoms with Gasteiger partial charge in [0.15, 0.2) is 15.8 Å². The standard InChI is InChI=1S/C15H21N3O2S/c1-11-6-3-4-7-12(11)18-14(16)17-10-15(18)9-5-8-13(15)21(2,19)20/h3-4,6-7,13H,5,8-10H2,1-2H3,(H2,16,17). The molecule has 1 saturated carbocycles. The lowest BCUT2D eigenvalue weighted by atomic mass is 9.94. The molecular formula is C15H21N3O2S. The van der Waals surface area contributed by atoms with Gasteiger partial charge in [-0.3, -0.25) is 4.99 Å². The van der Waals surface area contributed by atoms with E-state index < -0.39 is 20.6 Å². The second kappa shape index (κ2) is 4.73. The van der Waals surface area contributed by atoms with Crippen molar-refractivity contribution < 1.29 is 8.42 Å². The van der Waals surface area contributed by atoms with Crippen LogP contribution in [0.2, 0.25) is 0 Å². The fourth-order valence-electron chi connectivity index (χ4n) is 3.84. The highest BCUT2D eigenvalue weighted by atomic mass is 32.2. The van der Waals surface area contributed by atoms with E-state index in [1.165, 1.54) is 6.26 Å². The Bertz CT molecular complexity index is 699. The number of anilines is 1. The van der Waals surface area contributed by atoms with Crippen molar-refractivity contribution in [1.29, 1.82) is 0 Å². The van der Waals surface area contributed by atoms with Crippen LogP contribution in [0.25, 0.3) is 0 Å². The first-order chi connectivity index (χ1) is 9.86. The van der Waals surface area contributed by atoms with Gasteiger partial charge in [0.05, 0.1) is 17.3 Å². The van der Waals surface area contributed by atoms with Crippen molar-refractivity contribution in [1.82, 2.24) is 0 Å². The summed E-state index contributed by atoms with van der Waals surface area (Å²) in [5.74, 6) is 0.430. The van der Waals surface area contributed by atoms with Crippen LogP contribution in [0, 0.1) is 6.92 Å². The highest BCUT2D eigenvalue weighted by Gasteiger charge is 2.55. The maximum Gasteiger partial charge on any atom is 0.196 e. The number of nitrogens with two attached hydrogens (primary N) is 1. The van der Waals surface area contributed by atoms with Gasteiger partial charge >= 0.3 is 0 Å². The Kier molecular flexibility index (Phi) is 3.24. The van der Waals surface area contributed by atoms with E-state index in [1.807, 2.05) is 36.1 Å². The van der Waals surface area contributed by atoms with Gasteiger partial charge in [-0.05, 0) is 37.8 Å². The topological polar surface area (TPSA) is 75.8 Å². The number of para-hydroxylation sites is 1. The minimum atomic E-state index is -3.14. The summed E-state index contributed by atoms with van der Waals surface area (Å²) in [4.78, 5) is 6.36. The molecule has 3 rings (SSSR count). The Morgan fingerprint density at radius 1 is 1.38 bits per heavy atom. The smallest absolute Gasteiger partial charge is 0.196 e. The number of aryl methyl sites for hydroxylation is 1. The first kappa shape index (κ1) is 14.4. The van der Waals surface area contributed by atoms with E-state index in [4.69, 9.17) is 5.73 Å². The highest BCUT2D eigenvalue weighted by molar-refractivity contribution is 7.91. The van der Waals surface area contributed by atoms with E-state index in [9.17, 15) is 8.42 Å². The molecule has 1 fully saturated rings. The maximum absolute atomic E-state index is 12.2. The van der Waals surface area contributed by atoms with E-state index >= 15 is 0 Å². The van der Waals surface area contributed by atoms with Crippen molar-refractivity contribution in [3.63, 3.8) is 0 Å². The largest absolute Gasteiger partial charge is 0.369 e. The summed E-state index contributed by atoms with van der Waals surface area (Å²) in [6, 6.07) is 7.92. The van der Waals surface area contributed by atoms with Gasteiger partial charge in [-0.1, -0.05) is 18.2 Å². The van der Waals surface area contributed by atoms with Gasteiger partial charge in [0.1, 0.15) is 0 Å². The van der Waals surface area contributed by atoms with Crippen LogP contribution in [0.5, 0.6) is 0 Å². The molecule has 2 atom stereocenters. The average Bonchev–Trinajstić information content (AvgIpc) is 2.96. The molecule has 1 spiro atoms. The lowest BCUT2D eigenvalue weighted by Crippen LogP contribution is -2.58. The molecule has 1 aliphatic heterocycles. The highest BCUT2D eigenvalue weighted by Crippen LogP contribution is 2.44. The molecule has 0 bridgehead atoms. The molecule has 0 saturated heterocycles. The molecule has 1 aromatic carbocycles. The summed E-state index contributed by atoms with van der Waals surface area (Å²) in [6.07, 6.45) is 3.71. The minimum absolute atomic E-state index is 0.408. The summed E-state index contributed by atoms with van der Waals surface area (Å²) in [5, 5.41) is -0.408. The second-order valence-corrected chi connectivity index (χ2v) is 8.34. The molecule has 2 unspecified atom stereocenters. The first-order valence-corrected chi connectivity index (χ1v) is 9.16. The number of guanidine groups is 1. The van der Waals surface area contributed by atoms with Gasteiger partial charge in [-0.2, -0.15) is 0 Å². The number of sulfone groups is 1. The number of hydrogen-bond donors (Lipinski definition) is 1. The van der Waals surface area contributed by atoms with Crippen molar-refractivity contribution >= 4 is 21.5 Å². The Morgan fingerprint density at radius 3 is 2.76 bits per heavy atom. The summed E-state index contributed by atoms with van der Waals surface area (Å²) in [7, 11) is -3.14. The van der Waals surface area contributed by atoms with Crippen LogP contribution in [0.15, 0.2) is 29.3 Å². The van der Waals surface area contributed by atoms with Crippen molar-refractivity contribution in [2.45, 2.75) is 37.0 Å². The summed E-state index contributed by atoms with van der Waals surface area (Å²) in [5.41, 5.74) is 7.66. The van der Waals surface area contributed by atoms with E-state index in [2.05, 4.69) is 4.99 Å². The third-order valence-corrected chi connectivity index (χ3v) is 6.45. The van der Waals surface area contributed by atoms with Crippen LogP contribution in [0.4, 0.5) is 5.69 Å². The van der Waals surface area contributed by atoms with Crippen LogP contribution < -0.4 is 10.6 Å². The normalized spacial score (nSPS) is 29.1. The number of nitrogens with zero attached hydrogens (tertiary/aromatic N) is 2. The van der Waals surface area contributed by atoms with E-state index in [1.54, 1.807) is 0 Å². The summed E-state index contributed by atoms with van der Waals surface area (Å²) < 4.78 is 24.5. The second-order valence-electron chi connectivity index (χ2n) is 6.11. The monoisotopic (exact) mass is 307 g/mol. The van der Waals surface area contributed by atoms with Crippen molar-refractivity contribution in [3.8, 4) is 0 Å². The van der Waals surface area contributed by atoms with Gasteiger partial charge in [-0.25, -0.2) is 8.42 Å². The lowest BCUT2D eigenvalue weighted by molar-refractivity contribution is 0.461. The molecular weight excluding hydrogens is 286 g/mol. The average molecular weight is 307 g/mol. The van der Waals surface area contributed by atoms with E-state index in [0.29, 0.717) is 18.9 Å². The fraction of sp³-hybridized carbons (Fsp3) is 0.533. The van der Waals surface area contributed by atoms with Gasteiger partial charge in [0.2, 0.25) is 0 Å². The van der Waals surface area contributed by atoms with E-state index in [-0.39, 0.29) is 0 Å². The third-order valence-electron chi connectivity index (χ3n) is 4.74. The molecule has 6 heteroatoms. The Labute approximate surface area is 125 Å². The zero-order chi connectivity index (χ0) is 15.3. The summed E-state index contributed by atoms with van der Waals surface area (Å²) >= 11 is 0. The van der Waals surface area contributed by atoms with Crippen LogP contribution in [-0.4, -0.2) is 38.0 Å². The fourth-order valence-corrected chi connectivity index (χ4v) is 5.53. The van der Waals surface area contributed by atoms with E-state index in [0.717, 1.165) is 24.1 Å². The van der Waals surface area contributed by atoms with Crippen LogP contribution in [-0.2, 0) is 9.84 Å². The SMILES string of the molecule is Cc1ccccc1N1C(N)=NCC12CCCC2S(C)(=O)=O. The Hall–Kier alpha value is -1.56. The van der Waals surface area contributed by atoms with Crippen molar-refractivity contribution in [2.24, 2.45) is 10.7 Å². The zero-order valence-corrected chi connectivity index (χ0v) is 13.2. The van der Waals surface area contributed by atoms with Crippen LogP contribution in [0.3, 0.4) is 0 Å². The van der Waals surface area contributed by atoms with Crippen LogP contribution >= 0.6 is 0 Å². The number of hydrogen-bond acceptors (Lipinski definition) is 5. The molecule has 0 aromatic heterocycles. The van der Waals surface area contributed by atoms with Crippen molar-refractivity contribution in [3.05, 3.63) is 29.8 Å². The van der Waals surface area contributed by atoms with Crippen LogP contribution in [0.1, 0.15) is 24.8 Å². The maximum atomic E-state index is 12.2. The quantitative estimate of drug-likeness (QED) is 0.897. The molecule has 114 valence electrons. The predicted octanol–water partition coefficient (Wildman–Crippen LogP) is 1.47. The minimum Gasteiger partial charge on any atom is -0.369 e. The molecule has 1 aliphatic carbocycles. The Balaban J connectivity index is 2.13. The first-order valence-electron chi connectivity index (χ1n) is 7.21. The number of rotatable bonds is 2. The molecule has 2 aliphatic rings. The molecule has 21 heavy (non-hydrogen) atoms. The number of benzene rings is 1. The van der Waals surface area contributed by atoms with Gasteiger partial charge in [-0.15, -0.1) is 0 Å². The van der Waals surface area contributed by atoms with Gasteiger partial charge < -0.3 is 10.6 Å². The predicted molar refractivity (Wildman–Crippen MR) is 85.4 cm³/mol. The van der Waals surface area contributed by atoms with Gasteiger partial charge in [0.25, 0.3) is 0 Å². The molecule has 0 amide bonds. The Morgan fingerprint density at radius 2 is 2.10 bits per heavy atom. The van der Waals surface area contributed by atoms with Crippen molar-refractivity contribution in [2.75, 3.05) is 17.7 Å². The lowest BCUT2D eigenvalue weighted by Gasteiger charge is -2.40. The molecule has 1 heterocycles. The molecule has 5 nitrogen and oxygen atoms in total. The molecule has 0 radical (unpaired) electrons. The van der Waals surface area contributed by atoms with Gasteiger partial charge in [0, 0.05) is 11.9 Å². The molecule has 1 aromatic rings. The molecule has 2 N–H and O–H groups in total. The summed E-state index contributed by atoms with van der Waals surface area (Å²) in [6.45, 7) is 2.48.